The van der Waals surface area contributed by atoms with Crippen LogP contribution in [0.1, 0.15) is 5.56 Å². The standard InChI is InChI=1S/C7H9N3O/c1-8-4-6-5-9-10-2-3-11-7(6)10/h2-3,5,8H,4H2,1H3. The summed E-state index contributed by atoms with van der Waals surface area (Å²) in [5.41, 5.74) is 1.90. The van der Waals surface area contributed by atoms with Crippen molar-refractivity contribution >= 4 is 5.71 Å². The third-order valence-corrected chi connectivity index (χ3v) is 1.57. The van der Waals surface area contributed by atoms with Gasteiger partial charge < -0.3 is 9.73 Å². The van der Waals surface area contributed by atoms with Gasteiger partial charge in [0.05, 0.1) is 12.4 Å². The Labute approximate surface area is 63.8 Å². The lowest BCUT2D eigenvalue weighted by Crippen LogP contribution is -2.03. The number of hydrogen-bond acceptors (Lipinski definition) is 3. The number of fused-ring (bicyclic) bond motifs is 1. The Balaban J connectivity index is 2.51. The van der Waals surface area contributed by atoms with E-state index in [0.29, 0.717) is 0 Å². The molecule has 0 bridgehead atoms. The van der Waals surface area contributed by atoms with Crippen LogP contribution in [0.2, 0.25) is 0 Å². The highest BCUT2D eigenvalue weighted by Crippen LogP contribution is 2.09. The van der Waals surface area contributed by atoms with E-state index in [-0.39, 0.29) is 0 Å². The van der Waals surface area contributed by atoms with E-state index in [0.717, 1.165) is 17.8 Å². The van der Waals surface area contributed by atoms with Gasteiger partial charge in [-0.1, -0.05) is 0 Å². The second-order valence-corrected chi connectivity index (χ2v) is 2.35. The minimum absolute atomic E-state index is 0.789. The summed E-state index contributed by atoms with van der Waals surface area (Å²) in [7, 11) is 1.90. The van der Waals surface area contributed by atoms with Gasteiger partial charge in [-0.3, -0.25) is 0 Å². The number of nitrogens with zero attached hydrogens (tertiary/aromatic N) is 2. The van der Waals surface area contributed by atoms with E-state index < -0.39 is 0 Å². The zero-order valence-corrected chi connectivity index (χ0v) is 6.24. The van der Waals surface area contributed by atoms with Crippen molar-refractivity contribution in [3.8, 4) is 0 Å². The lowest BCUT2D eigenvalue weighted by molar-refractivity contribution is 0.599. The maximum atomic E-state index is 5.20. The molecular formula is C7H9N3O. The molecule has 0 aliphatic rings. The molecule has 2 aromatic rings. The van der Waals surface area contributed by atoms with Gasteiger partial charge in [-0.05, 0) is 7.05 Å². The predicted octanol–water partition coefficient (Wildman–Crippen LogP) is 0.647. The van der Waals surface area contributed by atoms with Crippen LogP contribution < -0.4 is 5.32 Å². The molecule has 0 unspecified atom stereocenters. The van der Waals surface area contributed by atoms with Crippen LogP contribution in [0.25, 0.3) is 5.71 Å². The molecule has 0 saturated heterocycles. The average Bonchev–Trinajstić information content (AvgIpc) is 2.53. The van der Waals surface area contributed by atoms with Gasteiger partial charge in [-0.25, -0.2) is 4.52 Å². The lowest BCUT2D eigenvalue weighted by atomic mass is 10.3. The molecule has 0 atom stereocenters. The number of nitrogens with one attached hydrogen (secondary N) is 1. The summed E-state index contributed by atoms with van der Waals surface area (Å²) >= 11 is 0. The highest BCUT2D eigenvalue weighted by Gasteiger charge is 2.03. The van der Waals surface area contributed by atoms with Gasteiger partial charge in [0.25, 0.3) is 0 Å². The third kappa shape index (κ3) is 0.914. The minimum atomic E-state index is 0.789. The van der Waals surface area contributed by atoms with E-state index in [2.05, 4.69) is 10.4 Å². The summed E-state index contributed by atoms with van der Waals surface area (Å²) in [5.74, 6) is 0. The molecule has 2 heterocycles. The van der Waals surface area contributed by atoms with Crippen LogP contribution in [-0.2, 0) is 6.54 Å². The largest absolute Gasteiger partial charge is 0.445 e. The summed E-state index contributed by atoms with van der Waals surface area (Å²) < 4.78 is 6.92. The topological polar surface area (TPSA) is 42.5 Å². The van der Waals surface area contributed by atoms with Gasteiger partial charge in [0.1, 0.15) is 6.26 Å². The summed E-state index contributed by atoms with van der Waals surface area (Å²) in [6.45, 7) is 0.789. The van der Waals surface area contributed by atoms with Crippen molar-refractivity contribution in [2.24, 2.45) is 0 Å². The van der Waals surface area contributed by atoms with Crippen LogP contribution in [0.3, 0.4) is 0 Å². The zero-order chi connectivity index (χ0) is 7.68. The molecule has 0 aromatic carbocycles. The zero-order valence-electron chi connectivity index (χ0n) is 6.24. The van der Waals surface area contributed by atoms with Gasteiger partial charge in [0.2, 0.25) is 5.71 Å². The first-order valence-electron chi connectivity index (χ1n) is 3.46. The summed E-state index contributed by atoms with van der Waals surface area (Å²) in [6.07, 6.45) is 5.21. The predicted molar refractivity (Wildman–Crippen MR) is 40.2 cm³/mol. The van der Waals surface area contributed by atoms with Crippen LogP contribution in [0.15, 0.2) is 23.1 Å². The molecule has 1 N–H and O–H groups in total. The van der Waals surface area contributed by atoms with E-state index in [9.17, 15) is 0 Å². The second kappa shape index (κ2) is 2.39. The first-order valence-corrected chi connectivity index (χ1v) is 3.46. The van der Waals surface area contributed by atoms with Crippen LogP contribution in [-0.4, -0.2) is 16.7 Å². The van der Waals surface area contributed by atoms with Crippen molar-refractivity contribution in [1.29, 1.82) is 0 Å². The fourth-order valence-electron chi connectivity index (χ4n) is 1.09. The Morgan fingerprint density at radius 2 is 2.64 bits per heavy atom. The van der Waals surface area contributed by atoms with Crippen LogP contribution >= 0.6 is 0 Å². The Morgan fingerprint density at radius 1 is 1.73 bits per heavy atom. The summed E-state index contributed by atoms with van der Waals surface area (Å²) in [5, 5.41) is 7.12. The second-order valence-electron chi connectivity index (χ2n) is 2.35. The molecule has 0 spiro atoms. The average molecular weight is 151 g/mol. The Bertz CT molecular complexity index is 349. The first kappa shape index (κ1) is 6.42. The van der Waals surface area contributed by atoms with Crippen molar-refractivity contribution in [2.75, 3.05) is 7.05 Å². The monoisotopic (exact) mass is 151 g/mol. The van der Waals surface area contributed by atoms with Gasteiger partial charge in [0.15, 0.2) is 0 Å². The van der Waals surface area contributed by atoms with Gasteiger partial charge >= 0.3 is 0 Å². The molecule has 0 aliphatic heterocycles. The molecule has 0 saturated carbocycles. The third-order valence-electron chi connectivity index (χ3n) is 1.57. The van der Waals surface area contributed by atoms with E-state index in [1.807, 2.05) is 7.05 Å². The first-order chi connectivity index (χ1) is 5.42. The minimum Gasteiger partial charge on any atom is -0.445 e. The molecule has 58 valence electrons. The number of oxazole rings is 1. The van der Waals surface area contributed by atoms with E-state index in [1.54, 1.807) is 23.2 Å². The molecule has 0 aliphatic carbocycles. The van der Waals surface area contributed by atoms with Crippen LogP contribution in [0.4, 0.5) is 0 Å². The number of hydrogen-bond donors (Lipinski definition) is 1. The van der Waals surface area contributed by atoms with E-state index >= 15 is 0 Å². The SMILES string of the molecule is CNCc1cnn2ccoc12. The number of aromatic nitrogens is 2. The number of rotatable bonds is 2. The lowest BCUT2D eigenvalue weighted by Gasteiger charge is -1.90. The van der Waals surface area contributed by atoms with Gasteiger partial charge in [0, 0.05) is 12.1 Å². The molecule has 11 heavy (non-hydrogen) atoms. The van der Waals surface area contributed by atoms with Crippen molar-refractivity contribution in [1.82, 2.24) is 14.9 Å². The molecule has 0 amide bonds. The normalized spacial score (nSPS) is 11.0. The molecule has 4 heteroatoms. The molecule has 0 radical (unpaired) electrons. The van der Waals surface area contributed by atoms with E-state index in [4.69, 9.17) is 4.42 Å². The quantitative estimate of drug-likeness (QED) is 0.685. The van der Waals surface area contributed by atoms with Crippen molar-refractivity contribution in [3.05, 3.63) is 24.2 Å². The van der Waals surface area contributed by atoms with Gasteiger partial charge in [-0.2, -0.15) is 5.10 Å². The molecule has 2 aromatic heterocycles. The smallest absolute Gasteiger partial charge is 0.225 e. The fourth-order valence-corrected chi connectivity index (χ4v) is 1.09. The van der Waals surface area contributed by atoms with Crippen molar-refractivity contribution < 1.29 is 4.42 Å². The van der Waals surface area contributed by atoms with Crippen molar-refractivity contribution in [3.63, 3.8) is 0 Å². The molecular weight excluding hydrogens is 142 g/mol. The highest BCUT2D eigenvalue weighted by molar-refractivity contribution is 5.42. The fraction of sp³-hybridized carbons (Fsp3) is 0.286. The van der Waals surface area contributed by atoms with Crippen LogP contribution in [0.5, 0.6) is 0 Å². The van der Waals surface area contributed by atoms with Crippen LogP contribution in [0, 0.1) is 0 Å². The maximum Gasteiger partial charge on any atom is 0.225 e. The highest BCUT2D eigenvalue weighted by atomic mass is 16.3. The van der Waals surface area contributed by atoms with E-state index in [1.165, 1.54) is 0 Å². The Kier molecular flexibility index (Phi) is 1.40. The van der Waals surface area contributed by atoms with Crippen molar-refractivity contribution in [2.45, 2.75) is 6.54 Å². The summed E-state index contributed by atoms with van der Waals surface area (Å²) in [6, 6.07) is 0. The molecule has 4 nitrogen and oxygen atoms in total. The molecule has 2 rings (SSSR count). The van der Waals surface area contributed by atoms with Gasteiger partial charge in [-0.15, -0.1) is 0 Å². The molecule has 0 fully saturated rings. The summed E-state index contributed by atoms with van der Waals surface area (Å²) in [4.78, 5) is 0. The Morgan fingerprint density at radius 3 is 3.45 bits per heavy atom. The Hall–Kier alpha value is -1.29. The maximum absolute atomic E-state index is 5.20.